The molecule has 2 N–H and O–H groups in total. The van der Waals surface area contributed by atoms with Gasteiger partial charge in [-0.25, -0.2) is 4.98 Å². The van der Waals surface area contributed by atoms with Gasteiger partial charge >= 0.3 is 0 Å². The van der Waals surface area contributed by atoms with E-state index in [0.717, 1.165) is 67.2 Å². The van der Waals surface area contributed by atoms with Crippen molar-refractivity contribution in [2.24, 2.45) is 0 Å². The van der Waals surface area contributed by atoms with Crippen molar-refractivity contribution in [2.75, 3.05) is 25.0 Å². The van der Waals surface area contributed by atoms with Crippen LogP contribution >= 0.6 is 0 Å². The highest BCUT2D eigenvalue weighted by atomic mass is 16.3. The van der Waals surface area contributed by atoms with Crippen LogP contribution in [0.4, 0.5) is 5.82 Å². The minimum Gasteiger partial charge on any atom is -0.507 e. The molecular formula is C26H29N5O. The van der Waals surface area contributed by atoms with Gasteiger partial charge in [0.25, 0.3) is 0 Å². The Bertz CT molecular complexity index is 1200. The van der Waals surface area contributed by atoms with Crippen LogP contribution in [0.2, 0.25) is 0 Å². The van der Waals surface area contributed by atoms with Gasteiger partial charge in [-0.1, -0.05) is 42.5 Å². The van der Waals surface area contributed by atoms with E-state index in [0.29, 0.717) is 6.04 Å². The number of piperidine rings is 1. The zero-order chi connectivity index (χ0) is 21.9. The molecule has 0 spiro atoms. The summed E-state index contributed by atoms with van der Waals surface area (Å²) in [6.45, 7) is 5.29. The number of rotatable bonds is 6. The predicted molar refractivity (Wildman–Crippen MR) is 128 cm³/mol. The van der Waals surface area contributed by atoms with Crippen LogP contribution < -0.4 is 5.32 Å². The number of nitrogens with zero attached hydrogens (tertiary/aromatic N) is 4. The number of para-hydroxylation sites is 1. The smallest absolute Gasteiger partial charge is 0.160 e. The molecule has 2 aromatic heterocycles. The molecule has 1 aliphatic heterocycles. The van der Waals surface area contributed by atoms with Crippen molar-refractivity contribution in [1.82, 2.24) is 19.5 Å². The number of phenolic OH excluding ortho intramolecular Hbond substituents is 1. The normalized spacial score (nSPS) is 15.3. The average molecular weight is 428 g/mol. The van der Waals surface area contributed by atoms with Gasteiger partial charge in [-0.2, -0.15) is 9.61 Å². The Morgan fingerprint density at radius 3 is 2.56 bits per heavy atom. The first kappa shape index (κ1) is 20.5. The molecule has 0 saturated carbocycles. The zero-order valence-corrected chi connectivity index (χ0v) is 18.4. The second-order valence-electron chi connectivity index (χ2n) is 8.60. The van der Waals surface area contributed by atoms with Crippen LogP contribution in [0.1, 0.15) is 24.0 Å². The van der Waals surface area contributed by atoms with Crippen molar-refractivity contribution >= 4 is 11.5 Å². The van der Waals surface area contributed by atoms with Crippen LogP contribution in [0.3, 0.4) is 0 Å². The van der Waals surface area contributed by atoms with Gasteiger partial charge in [-0.3, -0.25) is 0 Å². The van der Waals surface area contributed by atoms with E-state index < -0.39 is 0 Å². The Morgan fingerprint density at radius 2 is 1.78 bits per heavy atom. The third kappa shape index (κ3) is 4.32. The minimum absolute atomic E-state index is 0.235. The molecule has 0 atom stereocenters. The number of hydrogen-bond acceptors (Lipinski definition) is 5. The number of anilines is 1. The summed E-state index contributed by atoms with van der Waals surface area (Å²) >= 11 is 0. The Hall–Kier alpha value is -3.38. The lowest BCUT2D eigenvalue weighted by Crippen LogP contribution is -2.40. The Balaban J connectivity index is 1.30. The molecule has 0 aliphatic carbocycles. The fourth-order valence-electron chi connectivity index (χ4n) is 4.45. The van der Waals surface area contributed by atoms with Crippen molar-refractivity contribution in [2.45, 2.75) is 32.2 Å². The summed E-state index contributed by atoms with van der Waals surface area (Å²) in [5.74, 6) is 1.16. The average Bonchev–Trinajstić information content (AvgIpc) is 3.20. The van der Waals surface area contributed by atoms with Crippen LogP contribution in [-0.2, 0) is 6.42 Å². The van der Waals surface area contributed by atoms with E-state index in [9.17, 15) is 5.11 Å². The largest absolute Gasteiger partial charge is 0.507 e. The Labute approximate surface area is 188 Å². The maximum Gasteiger partial charge on any atom is 0.160 e. The van der Waals surface area contributed by atoms with Gasteiger partial charge in [0.1, 0.15) is 11.6 Å². The molecule has 5 rings (SSSR count). The topological polar surface area (TPSA) is 65.7 Å². The van der Waals surface area contributed by atoms with Crippen LogP contribution in [0, 0.1) is 6.92 Å². The first-order valence-electron chi connectivity index (χ1n) is 11.3. The number of hydrogen-bond donors (Lipinski definition) is 2. The van der Waals surface area contributed by atoms with Crippen LogP contribution in [0.25, 0.3) is 16.9 Å². The number of nitrogens with one attached hydrogen (secondary N) is 1. The van der Waals surface area contributed by atoms with Crippen molar-refractivity contribution < 1.29 is 5.11 Å². The van der Waals surface area contributed by atoms with Gasteiger partial charge in [-0.15, -0.1) is 0 Å². The van der Waals surface area contributed by atoms with E-state index in [2.05, 4.69) is 45.6 Å². The van der Waals surface area contributed by atoms with E-state index in [1.807, 2.05) is 41.9 Å². The predicted octanol–water partition coefficient (Wildman–Crippen LogP) is 4.53. The Kier molecular flexibility index (Phi) is 5.77. The molecule has 0 unspecified atom stereocenters. The molecule has 0 amide bonds. The lowest BCUT2D eigenvalue weighted by molar-refractivity contribution is 0.221. The number of aromatic hydroxyl groups is 1. The molecule has 1 saturated heterocycles. The quantitative estimate of drug-likeness (QED) is 0.473. The molecular weight excluding hydrogens is 398 g/mol. The number of aromatic nitrogens is 3. The van der Waals surface area contributed by atoms with Crippen molar-refractivity contribution in [1.29, 1.82) is 0 Å². The summed E-state index contributed by atoms with van der Waals surface area (Å²) in [5, 5.41) is 18.6. The van der Waals surface area contributed by atoms with Gasteiger partial charge in [0.05, 0.1) is 11.9 Å². The molecule has 1 aliphatic rings. The first-order valence-corrected chi connectivity index (χ1v) is 11.3. The maximum atomic E-state index is 10.3. The lowest BCUT2D eigenvalue weighted by Gasteiger charge is -2.33. The summed E-state index contributed by atoms with van der Waals surface area (Å²) < 4.78 is 1.88. The minimum atomic E-state index is 0.235. The molecule has 0 bridgehead atoms. The summed E-state index contributed by atoms with van der Waals surface area (Å²) in [7, 11) is 0. The van der Waals surface area contributed by atoms with Gasteiger partial charge in [-0.05, 0) is 43.9 Å². The molecule has 6 heteroatoms. The molecule has 1 fully saturated rings. The highest BCUT2D eigenvalue weighted by molar-refractivity contribution is 5.72. The van der Waals surface area contributed by atoms with Crippen molar-refractivity contribution in [3.63, 3.8) is 0 Å². The van der Waals surface area contributed by atoms with Crippen LogP contribution in [0.5, 0.6) is 5.75 Å². The van der Waals surface area contributed by atoms with E-state index in [1.54, 1.807) is 6.07 Å². The first-order chi connectivity index (χ1) is 15.7. The number of fused-ring (bicyclic) bond motifs is 1. The summed E-state index contributed by atoms with van der Waals surface area (Å²) in [6.07, 6.45) is 5.12. The lowest BCUT2D eigenvalue weighted by atomic mass is 10.0. The third-order valence-electron chi connectivity index (χ3n) is 6.33. The highest BCUT2D eigenvalue weighted by Crippen LogP contribution is 2.30. The zero-order valence-electron chi connectivity index (χ0n) is 18.4. The monoisotopic (exact) mass is 427 g/mol. The summed E-state index contributed by atoms with van der Waals surface area (Å²) in [4.78, 5) is 7.33. The number of likely N-dealkylation sites (tertiary alicyclic amines) is 1. The SMILES string of the molecule is Cc1cnn2c(NC3CCN(CCc4ccccc4)CC3)cc(-c3ccccc3O)nc12. The molecule has 2 aromatic carbocycles. The third-order valence-corrected chi connectivity index (χ3v) is 6.33. The number of aryl methyl sites for hydroxylation is 1. The van der Waals surface area contributed by atoms with E-state index in [4.69, 9.17) is 4.98 Å². The van der Waals surface area contributed by atoms with Gasteiger partial charge < -0.3 is 15.3 Å². The van der Waals surface area contributed by atoms with Crippen molar-refractivity contribution in [3.05, 3.63) is 78.0 Å². The standard InChI is InChI=1S/C26H29N5O/c1-19-18-27-31-25(17-23(29-26(19)31)22-9-5-6-10-24(22)32)28-21-12-15-30(16-13-21)14-11-20-7-3-2-4-8-20/h2-10,17-18,21,28,32H,11-16H2,1H3. The summed E-state index contributed by atoms with van der Waals surface area (Å²) in [6, 6.07) is 20.4. The van der Waals surface area contributed by atoms with E-state index in [-0.39, 0.29) is 5.75 Å². The number of phenols is 1. The molecule has 164 valence electrons. The van der Waals surface area contributed by atoms with Gasteiger partial charge in [0.15, 0.2) is 5.65 Å². The van der Waals surface area contributed by atoms with Crippen LogP contribution in [-0.4, -0.2) is 50.3 Å². The Morgan fingerprint density at radius 1 is 1.03 bits per heavy atom. The van der Waals surface area contributed by atoms with E-state index in [1.165, 1.54) is 5.56 Å². The molecule has 4 aromatic rings. The fourth-order valence-corrected chi connectivity index (χ4v) is 4.45. The second kappa shape index (κ2) is 9.01. The van der Waals surface area contributed by atoms with Crippen molar-refractivity contribution in [3.8, 4) is 17.0 Å². The molecule has 32 heavy (non-hydrogen) atoms. The maximum absolute atomic E-state index is 10.3. The van der Waals surface area contributed by atoms with Gasteiger partial charge in [0.2, 0.25) is 0 Å². The highest BCUT2D eigenvalue weighted by Gasteiger charge is 2.21. The second-order valence-corrected chi connectivity index (χ2v) is 8.60. The summed E-state index contributed by atoms with van der Waals surface area (Å²) in [5.41, 5.74) is 4.71. The molecule has 6 nitrogen and oxygen atoms in total. The molecule has 3 heterocycles. The van der Waals surface area contributed by atoms with E-state index >= 15 is 0 Å². The molecule has 0 radical (unpaired) electrons. The number of benzene rings is 2. The van der Waals surface area contributed by atoms with Gasteiger partial charge in [0, 0.05) is 42.9 Å². The fraction of sp³-hybridized carbons (Fsp3) is 0.308. The van der Waals surface area contributed by atoms with Crippen LogP contribution in [0.15, 0.2) is 66.9 Å².